The molecule has 1 aromatic carbocycles. The highest BCUT2D eigenvalue weighted by molar-refractivity contribution is 5.67. The van der Waals surface area contributed by atoms with E-state index in [-0.39, 0.29) is 0 Å². The number of benzene rings is 1. The van der Waals surface area contributed by atoms with E-state index < -0.39 is 0 Å². The first kappa shape index (κ1) is 8.10. The monoisotopic (exact) mass is 185 g/mol. The van der Waals surface area contributed by atoms with Crippen LogP contribution in [-0.2, 0) is 0 Å². The lowest BCUT2D eigenvalue weighted by atomic mass is 9.99. The minimum absolute atomic E-state index is 0.586. The summed E-state index contributed by atoms with van der Waals surface area (Å²) in [7, 11) is 0. The standard InChI is InChI=1S/C13H15N/c1-8-3-6-12-11(7-8)9(2)13(14-12)10-4-5-10/h3,6-7,9,14H,4-5H2,1-2H3/t9-/m0/s1. The van der Waals surface area contributed by atoms with Gasteiger partial charge >= 0.3 is 0 Å². The molecule has 1 heteroatoms. The van der Waals surface area contributed by atoms with Gasteiger partial charge in [-0.15, -0.1) is 0 Å². The third-order valence-electron chi connectivity index (χ3n) is 3.26. The van der Waals surface area contributed by atoms with Crippen LogP contribution >= 0.6 is 0 Å². The molecule has 0 radical (unpaired) electrons. The Kier molecular flexibility index (Phi) is 1.52. The van der Waals surface area contributed by atoms with E-state index in [9.17, 15) is 0 Å². The molecule has 1 fully saturated rings. The van der Waals surface area contributed by atoms with Gasteiger partial charge in [0.15, 0.2) is 0 Å². The number of hydrogen-bond donors (Lipinski definition) is 1. The largest absolute Gasteiger partial charge is 0.358 e. The van der Waals surface area contributed by atoms with Crippen LogP contribution < -0.4 is 5.32 Å². The number of fused-ring (bicyclic) bond motifs is 1. The first-order valence-electron chi connectivity index (χ1n) is 5.35. The Hall–Kier alpha value is -1.24. The van der Waals surface area contributed by atoms with Crippen molar-refractivity contribution < 1.29 is 0 Å². The van der Waals surface area contributed by atoms with Crippen LogP contribution in [0.5, 0.6) is 0 Å². The first-order chi connectivity index (χ1) is 6.75. The second kappa shape index (κ2) is 2.63. The van der Waals surface area contributed by atoms with Crippen LogP contribution in [0.1, 0.15) is 36.8 Å². The Morgan fingerprint density at radius 3 is 2.79 bits per heavy atom. The fourth-order valence-electron chi connectivity index (χ4n) is 2.29. The molecule has 1 aliphatic heterocycles. The van der Waals surface area contributed by atoms with Gasteiger partial charge in [-0.05, 0) is 37.0 Å². The number of nitrogens with one attached hydrogen (secondary N) is 1. The smallest absolute Gasteiger partial charge is 0.0421 e. The number of anilines is 1. The highest BCUT2D eigenvalue weighted by atomic mass is 14.9. The molecule has 1 N–H and O–H groups in total. The molecule has 0 spiro atoms. The van der Waals surface area contributed by atoms with Crippen LogP contribution in [0.3, 0.4) is 0 Å². The summed E-state index contributed by atoms with van der Waals surface area (Å²) in [4.78, 5) is 0. The van der Waals surface area contributed by atoms with Crippen LogP contribution in [0.2, 0.25) is 0 Å². The summed E-state index contributed by atoms with van der Waals surface area (Å²) >= 11 is 0. The average Bonchev–Trinajstić information content (AvgIpc) is 2.95. The third-order valence-corrected chi connectivity index (χ3v) is 3.26. The lowest BCUT2D eigenvalue weighted by Crippen LogP contribution is -1.95. The molecule has 0 bridgehead atoms. The van der Waals surface area contributed by atoms with Gasteiger partial charge in [0.25, 0.3) is 0 Å². The minimum atomic E-state index is 0.586. The second-order valence-electron chi connectivity index (χ2n) is 4.45. The molecule has 3 rings (SSSR count). The van der Waals surface area contributed by atoms with Crippen molar-refractivity contribution in [1.29, 1.82) is 0 Å². The Bertz CT molecular complexity index is 423. The lowest BCUT2D eigenvalue weighted by Gasteiger charge is -2.04. The first-order valence-corrected chi connectivity index (χ1v) is 5.35. The second-order valence-corrected chi connectivity index (χ2v) is 4.45. The molecule has 1 saturated carbocycles. The Labute approximate surface area is 84.8 Å². The van der Waals surface area contributed by atoms with E-state index in [0.717, 1.165) is 0 Å². The van der Waals surface area contributed by atoms with Crippen LogP contribution in [0.15, 0.2) is 29.5 Å². The molecule has 1 aliphatic carbocycles. The maximum Gasteiger partial charge on any atom is 0.0421 e. The topological polar surface area (TPSA) is 12.0 Å². The fraction of sp³-hybridized carbons (Fsp3) is 0.385. The van der Waals surface area contributed by atoms with Crippen molar-refractivity contribution in [3.63, 3.8) is 0 Å². The maximum absolute atomic E-state index is 3.55. The summed E-state index contributed by atoms with van der Waals surface area (Å²) in [6.45, 7) is 4.47. The van der Waals surface area contributed by atoms with Crippen LogP contribution in [0.25, 0.3) is 0 Å². The van der Waals surface area contributed by atoms with E-state index in [4.69, 9.17) is 0 Å². The average molecular weight is 185 g/mol. The molecule has 2 aliphatic rings. The molecular weight excluding hydrogens is 170 g/mol. The van der Waals surface area contributed by atoms with Crippen molar-refractivity contribution in [2.45, 2.75) is 32.6 Å². The maximum atomic E-state index is 3.55. The van der Waals surface area contributed by atoms with E-state index in [1.54, 1.807) is 5.57 Å². The number of allylic oxidation sites excluding steroid dienone is 2. The Morgan fingerprint density at radius 2 is 2.07 bits per heavy atom. The van der Waals surface area contributed by atoms with E-state index >= 15 is 0 Å². The van der Waals surface area contributed by atoms with Crippen molar-refractivity contribution in [1.82, 2.24) is 0 Å². The molecule has 14 heavy (non-hydrogen) atoms. The van der Waals surface area contributed by atoms with Gasteiger partial charge in [0.1, 0.15) is 0 Å². The fourth-order valence-corrected chi connectivity index (χ4v) is 2.29. The van der Waals surface area contributed by atoms with Crippen LogP contribution in [0, 0.1) is 6.92 Å². The zero-order valence-electron chi connectivity index (χ0n) is 8.72. The summed E-state index contributed by atoms with van der Waals surface area (Å²) in [6.07, 6.45) is 2.61. The van der Waals surface area contributed by atoms with Crippen molar-refractivity contribution in [3.05, 3.63) is 40.6 Å². The van der Waals surface area contributed by atoms with Gasteiger partial charge in [-0.2, -0.15) is 0 Å². The van der Waals surface area contributed by atoms with Gasteiger partial charge in [0, 0.05) is 17.3 Å². The summed E-state index contributed by atoms with van der Waals surface area (Å²) in [6, 6.07) is 6.69. The molecule has 1 heterocycles. The van der Waals surface area contributed by atoms with E-state index in [2.05, 4.69) is 37.4 Å². The van der Waals surface area contributed by atoms with Gasteiger partial charge in [0.2, 0.25) is 0 Å². The minimum Gasteiger partial charge on any atom is -0.358 e. The van der Waals surface area contributed by atoms with E-state index in [1.807, 2.05) is 0 Å². The van der Waals surface area contributed by atoms with Crippen molar-refractivity contribution in [2.24, 2.45) is 0 Å². The lowest BCUT2D eigenvalue weighted by molar-refractivity contribution is 0.939. The van der Waals surface area contributed by atoms with E-state index in [0.29, 0.717) is 5.92 Å². The summed E-state index contributed by atoms with van der Waals surface area (Å²) in [5, 5.41) is 3.55. The van der Waals surface area contributed by atoms with Crippen LogP contribution in [0.4, 0.5) is 5.69 Å². The molecule has 0 unspecified atom stereocenters. The number of hydrogen-bond acceptors (Lipinski definition) is 1. The zero-order valence-corrected chi connectivity index (χ0v) is 8.72. The molecule has 1 atom stereocenters. The predicted molar refractivity (Wildman–Crippen MR) is 59.5 cm³/mol. The van der Waals surface area contributed by atoms with Gasteiger partial charge in [0.05, 0.1) is 0 Å². The van der Waals surface area contributed by atoms with Gasteiger partial charge in [-0.25, -0.2) is 0 Å². The predicted octanol–water partition coefficient (Wildman–Crippen LogP) is 3.57. The number of rotatable bonds is 0. The van der Waals surface area contributed by atoms with Crippen LogP contribution in [-0.4, -0.2) is 0 Å². The molecule has 1 aromatic rings. The molecule has 1 nitrogen and oxygen atoms in total. The summed E-state index contributed by atoms with van der Waals surface area (Å²) in [5.41, 5.74) is 7.26. The zero-order chi connectivity index (χ0) is 9.71. The molecule has 72 valence electrons. The van der Waals surface area contributed by atoms with E-state index in [1.165, 1.54) is 35.4 Å². The molecule has 0 saturated heterocycles. The quantitative estimate of drug-likeness (QED) is 0.651. The highest BCUT2D eigenvalue weighted by Gasteiger charge is 2.29. The van der Waals surface area contributed by atoms with Gasteiger partial charge < -0.3 is 5.32 Å². The van der Waals surface area contributed by atoms with Crippen molar-refractivity contribution >= 4 is 5.69 Å². The molecule has 0 aromatic heterocycles. The molecular formula is C13H15N. The Morgan fingerprint density at radius 1 is 1.29 bits per heavy atom. The third kappa shape index (κ3) is 1.08. The van der Waals surface area contributed by atoms with Crippen molar-refractivity contribution in [3.8, 4) is 0 Å². The van der Waals surface area contributed by atoms with Crippen molar-refractivity contribution in [2.75, 3.05) is 5.32 Å². The normalized spacial score (nSPS) is 23.4. The van der Waals surface area contributed by atoms with Gasteiger partial charge in [-0.1, -0.05) is 24.6 Å². The number of aryl methyl sites for hydroxylation is 1. The van der Waals surface area contributed by atoms with Gasteiger partial charge in [-0.3, -0.25) is 0 Å². The SMILES string of the molecule is Cc1ccc2c(c1)[C@H](C)C(=C1CC1)N2. The Balaban J connectivity index is 2.11. The summed E-state index contributed by atoms with van der Waals surface area (Å²) < 4.78 is 0. The molecule has 0 amide bonds. The summed E-state index contributed by atoms with van der Waals surface area (Å²) in [5.74, 6) is 0.586. The highest BCUT2D eigenvalue weighted by Crippen LogP contribution is 2.45.